The topological polar surface area (TPSA) is 127 Å². The lowest BCUT2D eigenvalue weighted by molar-refractivity contribution is 0.0367. The number of aromatic nitrogens is 5. The number of anilines is 2. The minimum Gasteiger partial charge on any atom is -0.444 e. The van der Waals surface area contributed by atoms with Crippen molar-refractivity contribution in [3.8, 4) is 11.4 Å². The summed E-state index contributed by atoms with van der Waals surface area (Å²) in [7, 11) is 2.14. The van der Waals surface area contributed by atoms with Gasteiger partial charge < -0.3 is 25.6 Å². The molecule has 3 N–H and O–H groups in total. The van der Waals surface area contributed by atoms with Crippen LogP contribution in [0.4, 0.5) is 16.6 Å². The van der Waals surface area contributed by atoms with Crippen LogP contribution in [0.5, 0.6) is 0 Å². The molecule has 3 aromatic heterocycles. The predicted molar refractivity (Wildman–Crippen MR) is 151 cm³/mol. The molecule has 0 aliphatic carbocycles. The number of hydrogen-bond acceptors (Lipinski definition) is 9. The van der Waals surface area contributed by atoms with Gasteiger partial charge in [0.15, 0.2) is 11.5 Å². The number of primary amides is 1. The van der Waals surface area contributed by atoms with E-state index in [9.17, 15) is 4.79 Å². The highest BCUT2D eigenvalue weighted by Gasteiger charge is 2.25. The second-order valence-electron chi connectivity index (χ2n) is 10.5. The monoisotopic (exact) mass is 529 g/mol. The van der Waals surface area contributed by atoms with E-state index in [1.807, 2.05) is 61.1 Å². The lowest BCUT2D eigenvalue weighted by atomic mass is 9.95. The largest absolute Gasteiger partial charge is 0.444 e. The molecule has 4 heterocycles. The van der Waals surface area contributed by atoms with E-state index in [1.54, 1.807) is 6.20 Å². The number of fused-ring (bicyclic) bond motifs is 1. The molecule has 4 aromatic rings. The first-order valence-corrected chi connectivity index (χ1v) is 13.2. The number of nitrogens with two attached hydrogens (primary N) is 1. The van der Waals surface area contributed by atoms with Crippen molar-refractivity contribution < 1.29 is 9.53 Å². The average molecular weight is 530 g/mol. The van der Waals surface area contributed by atoms with E-state index in [4.69, 9.17) is 20.4 Å². The van der Waals surface area contributed by atoms with Crippen LogP contribution in [0, 0.1) is 0 Å². The Morgan fingerprint density at radius 3 is 2.59 bits per heavy atom. The highest BCUT2D eigenvalue weighted by molar-refractivity contribution is 5.70. The summed E-state index contributed by atoms with van der Waals surface area (Å²) in [6.07, 6.45) is 7.80. The van der Waals surface area contributed by atoms with Crippen molar-refractivity contribution in [3.63, 3.8) is 0 Å². The third-order valence-electron chi connectivity index (χ3n) is 7.05. The highest BCUT2D eigenvalue weighted by atomic mass is 16.6. The number of amides is 1. The number of piperazine rings is 1. The van der Waals surface area contributed by atoms with Crippen LogP contribution in [-0.2, 0) is 4.74 Å². The number of hydrogen-bond donors (Lipinski definition) is 2. The summed E-state index contributed by atoms with van der Waals surface area (Å²) in [5.41, 5.74) is 8.07. The van der Waals surface area contributed by atoms with E-state index in [2.05, 4.69) is 44.3 Å². The van der Waals surface area contributed by atoms with E-state index in [0.29, 0.717) is 18.8 Å². The van der Waals surface area contributed by atoms with E-state index >= 15 is 0 Å². The van der Waals surface area contributed by atoms with Gasteiger partial charge in [0.2, 0.25) is 5.95 Å². The molecule has 5 rings (SSSR count). The molecule has 1 aromatic carbocycles. The van der Waals surface area contributed by atoms with Crippen molar-refractivity contribution >= 4 is 23.5 Å². The molecule has 11 heteroatoms. The summed E-state index contributed by atoms with van der Waals surface area (Å²) in [5, 5.41) is 3.49. The van der Waals surface area contributed by atoms with E-state index in [0.717, 1.165) is 54.6 Å². The predicted octanol–water partition coefficient (Wildman–Crippen LogP) is 3.75. The molecule has 1 unspecified atom stereocenters. The first-order valence-electron chi connectivity index (χ1n) is 13.2. The van der Waals surface area contributed by atoms with Gasteiger partial charge in [0.25, 0.3) is 0 Å². The van der Waals surface area contributed by atoms with Crippen molar-refractivity contribution in [3.05, 3.63) is 66.7 Å². The number of rotatable bonds is 9. The van der Waals surface area contributed by atoms with Crippen LogP contribution < -0.4 is 16.0 Å². The fourth-order valence-corrected chi connectivity index (χ4v) is 4.89. The molecule has 1 atom stereocenters. The normalized spacial score (nSPS) is 15.3. The highest BCUT2D eigenvalue weighted by Crippen LogP contribution is 2.29. The van der Waals surface area contributed by atoms with Crippen LogP contribution in [0.1, 0.15) is 38.3 Å². The third-order valence-corrected chi connectivity index (χ3v) is 7.05. The van der Waals surface area contributed by atoms with Gasteiger partial charge in [-0.25, -0.2) is 24.7 Å². The fourth-order valence-electron chi connectivity index (χ4n) is 4.89. The van der Waals surface area contributed by atoms with Gasteiger partial charge in [-0.2, -0.15) is 0 Å². The SMILES string of the molecule is CN1CCN(c2nccn3c(-c4ccnc(NC(CCC(C)(C)OC(N)=O)c5ccccc5)n4)cnc23)CC1. The lowest BCUT2D eigenvalue weighted by Gasteiger charge is -2.33. The van der Waals surface area contributed by atoms with E-state index in [-0.39, 0.29) is 6.04 Å². The summed E-state index contributed by atoms with van der Waals surface area (Å²) >= 11 is 0. The van der Waals surface area contributed by atoms with Crippen molar-refractivity contribution in [2.45, 2.75) is 38.3 Å². The molecular formula is C28H35N9O2. The Hall–Kier alpha value is -4.25. The van der Waals surface area contributed by atoms with Crippen molar-refractivity contribution in [2.75, 3.05) is 43.4 Å². The summed E-state index contributed by atoms with van der Waals surface area (Å²) in [6.45, 7) is 7.52. The Bertz CT molecular complexity index is 1420. The van der Waals surface area contributed by atoms with Crippen molar-refractivity contribution in [2.24, 2.45) is 5.73 Å². The van der Waals surface area contributed by atoms with Crippen LogP contribution in [0.2, 0.25) is 0 Å². The summed E-state index contributed by atoms with van der Waals surface area (Å²) < 4.78 is 7.33. The van der Waals surface area contributed by atoms with Gasteiger partial charge in [0, 0.05) is 44.8 Å². The zero-order valence-corrected chi connectivity index (χ0v) is 22.6. The molecule has 11 nitrogen and oxygen atoms in total. The number of carbonyl (C=O) groups is 1. The van der Waals surface area contributed by atoms with Crippen LogP contribution >= 0.6 is 0 Å². The Morgan fingerprint density at radius 1 is 1.08 bits per heavy atom. The molecule has 1 fully saturated rings. The molecule has 0 saturated carbocycles. The maximum absolute atomic E-state index is 11.3. The van der Waals surface area contributed by atoms with Crippen molar-refractivity contribution in [1.82, 2.24) is 29.2 Å². The Labute approximate surface area is 228 Å². The summed E-state index contributed by atoms with van der Waals surface area (Å²) in [6, 6.07) is 11.9. The van der Waals surface area contributed by atoms with Crippen LogP contribution in [0.25, 0.3) is 17.0 Å². The number of benzene rings is 1. The first-order chi connectivity index (χ1) is 18.8. The number of nitrogens with zero attached hydrogens (tertiary/aromatic N) is 7. The summed E-state index contributed by atoms with van der Waals surface area (Å²) in [4.78, 5) is 34.7. The zero-order chi connectivity index (χ0) is 27.4. The van der Waals surface area contributed by atoms with E-state index in [1.165, 1.54) is 0 Å². The third kappa shape index (κ3) is 6.26. The quantitative estimate of drug-likeness (QED) is 0.333. The van der Waals surface area contributed by atoms with Gasteiger partial charge in [0.1, 0.15) is 5.60 Å². The number of likely N-dealkylation sites (N-methyl/N-ethyl adjacent to an activating group) is 1. The number of nitrogens with one attached hydrogen (secondary N) is 1. The minimum absolute atomic E-state index is 0.104. The van der Waals surface area contributed by atoms with Gasteiger partial charge >= 0.3 is 6.09 Å². The zero-order valence-electron chi connectivity index (χ0n) is 22.6. The van der Waals surface area contributed by atoms with Gasteiger partial charge in [-0.1, -0.05) is 30.3 Å². The maximum atomic E-state index is 11.3. The van der Waals surface area contributed by atoms with Gasteiger partial charge in [-0.15, -0.1) is 0 Å². The molecule has 0 spiro atoms. The second-order valence-corrected chi connectivity index (χ2v) is 10.5. The van der Waals surface area contributed by atoms with E-state index < -0.39 is 11.7 Å². The Kier molecular flexibility index (Phi) is 7.60. The molecule has 39 heavy (non-hydrogen) atoms. The number of imidazole rings is 1. The molecular weight excluding hydrogens is 494 g/mol. The Morgan fingerprint density at radius 2 is 1.85 bits per heavy atom. The number of carbonyl (C=O) groups excluding carboxylic acids is 1. The van der Waals surface area contributed by atoms with Gasteiger partial charge in [-0.3, -0.25) is 4.40 Å². The minimum atomic E-state index is -0.778. The van der Waals surface area contributed by atoms with Crippen LogP contribution in [0.15, 0.2) is 61.2 Å². The average Bonchev–Trinajstić information content (AvgIpc) is 3.36. The smallest absolute Gasteiger partial charge is 0.405 e. The molecule has 1 aliphatic heterocycles. The van der Waals surface area contributed by atoms with Gasteiger partial charge in [0.05, 0.1) is 23.6 Å². The van der Waals surface area contributed by atoms with Crippen LogP contribution in [-0.4, -0.2) is 74.2 Å². The van der Waals surface area contributed by atoms with Gasteiger partial charge in [-0.05, 0) is 45.4 Å². The second kappa shape index (κ2) is 11.2. The Balaban J connectivity index is 1.40. The molecule has 0 radical (unpaired) electrons. The molecule has 0 bridgehead atoms. The summed E-state index contributed by atoms with van der Waals surface area (Å²) in [5.74, 6) is 1.38. The molecule has 204 valence electrons. The number of ether oxygens (including phenoxy) is 1. The van der Waals surface area contributed by atoms with Crippen molar-refractivity contribution in [1.29, 1.82) is 0 Å². The molecule has 1 aliphatic rings. The standard InChI is InChI=1S/C28H35N9O2/c1-28(2,39-26(29)38)11-9-21(20-7-5-4-6-8-20)33-27-31-12-10-22(34-27)23-19-32-25-24(30-13-14-37(23)25)36-17-15-35(3)16-18-36/h4-8,10,12-14,19,21H,9,11,15-18H2,1-3H3,(H2,29,38)(H,31,33,34). The molecule has 1 saturated heterocycles. The maximum Gasteiger partial charge on any atom is 0.405 e. The lowest BCUT2D eigenvalue weighted by Crippen LogP contribution is -2.45. The fraction of sp³-hybridized carbons (Fsp3) is 0.393. The molecule has 1 amide bonds. The first kappa shape index (κ1) is 26.4. The van der Waals surface area contributed by atoms with Crippen LogP contribution in [0.3, 0.4) is 0 Å².